The Hall–Kier alpha value is -9.58. The summed E-state index contributed by atoms with van der Waals surface area (Å²) in [6, 6.07) is 20.3. The van der Waals surface area contributed by atoms with Gasteiger partial charge in [-0.05, 0) is 174 Å². The molecule has 0 unspecified atom stereocenters. The number of nitrogen functional groups attached to an aromatic ring is 3. The van der Waals surface area contributed by atoms with Crippen LogP contribution in [0.4, 0.5) is 17.5 Å². The summed E-state index contributed by atoms with van der Waals surface area (Å²) in [5, 5.41) is 14.4. The van der Waals surface area contributed by atoms with Crippen LogP contribution in [0, 0.1) is 16.2 Å². The molecule has 93 heavy (non-hydrogen) atoms. The molecule has 3 aromatic heterocycles. The van der Waals surface area contributed by atoms with Gasteiger partial charge in [-0.25, -0.2) is 14.0 Å². The SMILES string of the molecule is C=CC(=O)N1CC2(CC(n3nc(-c4ccc(OC(C)C)c(Cl)c4)c(C(N)=O)c3N)C2)C1.C=CC(=O)N1CCC2(CC(n3nc(-c4ccc(OCCC)cc4)c(C(N)=O)c3N)C2)C1.C=CC(=O)N1CCC2(CC(n3nc(-c4ccc(OCCC)cc4)c(C(N)=O)c3N)C2)C1. The zero-order valence-corrected chi connectivity index (χ0v) is 54.0. The zero-order valence-electron chi connectivity index (χ0n) is 53.3. The van der Waals surface area contributed by atoms with Crippen LogP contribution in [-0.4, -0.2) is 138 Å². The number of benzene rings is 3. The first kappa shape index (κ1) is 66.3. The highest BCUT2D eigenvalue weighted by Crippen LogP contribution is 2.57. The number of amides is 6. The van der Waals surface area contributed by atoms with Gasteiger partial charge < -0.3 is 63.3 Å². The van der Waals surface area contributed by atoms with Crippen LogP contribution in [0.3, 0.4) is 0 Å². The van der Waals surface area contributed by atoms with Gasteiger partial charge in [0.2, 0.25) is 17.7 Å². The molecule has 12 N–H and O–H groups in total. The minimum atomic E-state index is -0.641. The van der Waals surface area contributed by atoms with E-state index in [0.717, 1.165) is 113 Å². The highest BCUT2D eigenvalue weighted by Gasteiger charge is 2.55. The second-order valence-electron chi connectivity index (χ2n) is 25.8. The number of nitrogens with two attached hydrogens (primary N) is 6. The second-order valence-corrected chi connectivity index (χ2v) is 26.2. The van der Waals surface area contributed by atoms with Gasteiger partial charge in [-0.2, -0.15) is 15.3 Å². The van der Waals surface area contributed by atoms with Gasteiger partial charge in [-0.15, -0.1) is 0 Å². The Morgan fingerprint density at radius 1 is 0.538 bits per heavy atom. The summed E-state index contributed by atoms with van der Waals surface area (Å²) < 4.78 is 22.1. The summed E-state index contributed by atoms with van der Waals surface area (Å²) in [4.78, 5) is 77.6. The number of likely N-dealkylation sites (tertiary alicyclic amines) is 3. The van der Waals surface area contributed by atoms with E-state index in [1.807, 2.05) is 86.0 Å². The lowest BCUT2D eigenvalue weighted by Crippen LogP contribution is -2.63. The fourth-order valence-electron chi connectivity index (χ4n) is 14.2. The van der Waals surface area contributed by atoms with Crippen molar-refractivity contribution >= 4 is 64.5 Å². The minimum Gasteiger partial charge on any atom is -0.494 e. The topological polar surface area (TPSA) is 349 Å². The number of anilines is 3. The van der Waals surface area contributed by atoms with E-state index in [-0.39, 0.29) is 80.7 Å². The number of carbonyl (C=O) groups is 6. The van der Waals surface area contributed by atoms with Crippen LogP contribution in [0.5, 0.6) is 17.2 Å². The van der Waals surface area contributed by atoms with Gasteiger partial charge in [-0.3, -0.25) is 28.8 Å². The van der Waals surface area contributed by atoms with Gasteiger partial charge in [0.15, 0.2) is 0 Å². The van der Waals surface area contributed by atoms with E-state index in [1.54, 1.807) is 37.1 Å². The van der Waals surface area contributed by atoms with Crippen molar-refractivity contribution in [1.29, 1.82) is 0 Å². The Kier molecular flexibility index (Phi) is 19.2. The Morgan fingerprint density at radius 3 is 1.20 bits per heavy atom. The second kappa shape index (κ2) is 26.9. The third-order valence-corrected chi connectivity index (χ3v) is 19.1. The van der Waals surface area contributed by atoms with E-state index < -0.39 is 17.7 Å². The molecule has 12 rings (SSSR count). The predicted octanol–water partition coefficient (Wildman–Crippen LogP) is 8.54. The van der Waals surface area contributed by atoms with Gasteiger partial charge >= 0.3 is 0 Å². The number of hydrogen-bond donors (Lipinski definition) is 6. The van der Waals surface area contributed by atoms with E-state index in [9.17, 15) is 28.8 Å². The quantitative estimate of drug-likeness (QED) is 0.0390. The van der Waals surface area contributed by atoms with Crippen LogP contribution in [-0.2, 0) is 14.4 Å². The number of rotatable bonds is 20. The number of primary amides is 3. The summed E-state index contributed by atoms with van der Waals surface area (Å²) in [6.45, 7) is 24.3. The molecule has 0 radical (unpaired) electrons. The predicted molar refractivity (Wildman–Crippen MR) is 356 cm³/mol. The van der Waals surface area contributed by atoms with E-state index in [4.69, 9.17) is 70.4 Å². The van der Waals surface area contributed by atoms with Gasteiger partial charge in [0, 0.05) is 61.4 Å². The summed E-state index contributed by atoms with van der Waals surface area (Å²) in [7, 11) is 0. The van der Waals surface area contributed by atoms with Crippen molar-refractivity contribution in [2.45, 2.75) is 116 Å². The molecular weight excluding hydrogens is 1210 g/mol. The molecule has 6 heterocycles. The van der Waals surface area contributed by atoms with Gasteiger partial charge in [0.05, 0.1) is 42.5 Å². The number of hydrogen-bond acceptors (Lipinski definition) is 15. The fourth-order valence-corrected chi connectivity index (χ4v) is 14.4. The molecule has 3 saturated carbocycles. The number of nitrogens with zero attached hydrogens (tertiary/aromatic N) is 9. The molecule has 3 aliphatic heterocycles. The maximum atomic E-state index is 12.2. The molecule has 6 amide bonds. The first-order valence-corrected chi connectivity index (χ1v) is 32.0. The molecule has 3 saturated heterocycles. The summed E-state index contributed by atoms with van der Waals surface area (Å²) in [5.74, 6) is 0.996. The minimum absolute atomic E-state index is 0.0190. The van der Waals surface area contributed by atoms with Crippen LogP contribution in [0.25, 0.3) is 33.8 Å². The van der Waals surface area contributed by atoms with Gasteiger partial charge in [-0.1, -0.05) is 45.2 Å². The molecule has 492 valence electrons. The number of halogens is 1. The Labute approximate surface area is 545 Å². The van der Waals surface area contributed by atoms with Gasteiger partial charge in [0.25, 0.3) is 17.7 Å². The van der Waals surface area contributed by atoms with Crippen molar-refractivity contribution < 1.29 is 43.0 Å². The average Bonchev–Trinajstić information content (AvgIpc) is 1.74. The highest BCUT2D eigenvalue weighted by atomic mass is 35.5. The summed E-state index contributed by atoms with van der Waals surface area (Å²) in [6.07, 6.45) is 12.9. The fraction of sp³-hybridized carbons (Fsp3) is 0.426. The van der Waals surface area contributed by atoms with Crippen LogP contribution < -0.4 is 48.6 Å². The first-order valence-electron chi connectivity index (χ1n) is 31.6. The molecular formula is C68H84ClN15O9. The van der Waals surface area contributed by atoms with E-state index >= 15 is 0 Å². The van der Waals surface area contributed by atoms with Crippen molar-refractivity contribution in [2.24, 2.45) is 33.4 Å². The molecule has 24 nitrogen and oxygen atoms in total. The maximum absolute atomic E-state index is 12.2. The smallest absolute Gasteiger partial charge is 0.254 e. The van der Waals surface area contributed by atoms with Crippen LogP contribution in [0.2, 0.25) is 5.02 Å². The molecule has 3 aliphatic carbocycles. The zero-order chi connectivity index (χ0) is 66.8. The third kappa shape index (κ3) is 13.4. The Balaban J connectivity index is 0.000000153. The molecule has 25 heteroatoms. The van der Waals surface area contributed by atoms with Crippen LogP contribution >= 0.6 is 11.6 Å². The first-order chi connectivity index (χ1) is 44.4. The molecule has 3 spiro atoms. The summed E-state index contributed by atoms with van der Waals surface area (Å²) in [5.41, 5.74) is 40.4. The van der Waals surface area contributed by atoms with Crippen molar-refractivity contribution in [1.82, 2.24) is 44.0 Å². The number of carbonyl (C=O) groups excluding carboxylic acids is 6. The molecule has 0 atom stereocenters. The number of aromatic nitrogens is 6. The molecule has 6 fully saturated rings. The van der Waals surface area contributed by atoms with Crippen molar-refractivity contribution in [2.75, 3.05) is 69.7 Å². The average molecular weight is 1290 g/mol. The van der Waals surface area contributed by atoms with E-state index in [2.05, 4.69) is 24.8 Å². The molecule has 0 bridgehead atoms. The monoisotopic (exact) mass is 1290 g/mol. The van der Waals surface area contributed by atoms with E-state index in [1.165, 1.54) is 18.2 Å². The largest absolute Gasteiger partial charge is 0.494 e. The third-order valence-electron chi connectivity index (χ3n) is 18.8. The lowest BCUT2D eigenvalue weighted by Gasteiger charge is -2.58. The molecule has 3 aromatic carbocycles. The van der Waals surface area contributed by atoms with Crippen LogP contribution in [0.1, 0.15) is 141 Å². The molecule has 6 aromatic rings. The van der Waals surface area contributed by atoms with Crippen molar-refractivity contribution in [3.05, 3.63) is 126 Å². The van der Waals surface area contributed by atoms with Gasteiger partial charge in [0.1, 0.15) is 68.5 Å². The van der Waals surface area contributed by atoms with Crippen LogP contribution in [0.15, 0.2) is 105 Å². The molecule has 6 aliphatic rings. The normalized spacial score (nSPS) is 17.5. The highest BCUT2D eigenvalue weighted by molar-refractivity contribution is 6.32. The van der Waals surface area contributed by atoms with E-state index in [0.29, 0.717) is 71.4 Å². The van der Waals surface area contributed by atoms with Crippen molar-refractivity contribution in [3.8, 4) is 51.0 Å². The number of ether oxygens (including phenoxy) is 3. The van der Waals surface area contributed by atoms with Crippen molar-refractivity contribution in [3.63, 3.8) is 0 Å². The summed E-state index contributed by atoms with van der Waals surface area (Å²) >= 11 is 6.37. The lowest BCUT2D eigenvalue weighted by atomic mass is 9.60. The Morgan fingerprint density at radius 2 is 0.871 bits per heavy atom. The Bertz CT molecular complexity index is 3700. The maximum Gasteiger partial charge on any atom is 0.254 e. The lowest BCUT2D eigenvalue weighted by molar-refractivity contribution is -0.148. The standard InChI is InChI=1S/2C23H29N5O3.C22H26ClN5O3/c2*1-3-11-31-17-7-5-15(6-8-17)20-19(22(25)30)21(24)28(26-20)16-12-23(13-16)9-10-27(14-23)18(29)4-2;1-4-17(29)27-10-22(11-27)8-14(9-22)28-20(24)18(21(25)30)19(26-28)13-5-6-16(15(23)7-13)31-12(2)3/h2*4-8,16H,2-3,9-14,24H2,1H3,(H2,25,30);4-7,12,14H,1,8-11,24H2,2-3H3,(H2,25,30).